The van der Waals surface area contributed by atoms with Gasteiger partial charge in [0.15, 0.2) is 23.9 Å². The number of anilines is 1. The summed E-state index contributed by atoms with van der Waals surface area (Å²) in [5.74, 6) is 0.819. The Balaban J connectivity index is 1.17. The third-order valence-electron chi connectivity index (χ3n) is 6.64. The number of nitrogens with one attached hydrogen (secondary N) is 1. The van der Waals surface area contributed by atoms with E-state index in [2.05, 4.69) is 56.3 Å². The van der Waals surface area contributed by atoms with E-state index in [1.54, 1.807) is 23.0 Å². The summed E-state index contributed by atoms with van der Waals surface area (Å²) in [7, 11) is -1.19. The molecule has 1 aliphatic rings. The lowest BCUT2D eigenvalue weighted by atomic mass is 10.1. The summed E-state index contributed by atoms with van der Waals surface area (Å²) >= 11 is 1.35. The smallest absolute Gasteiger partial charge is 0.233 e. The number of hydrogen-bond acceptors (Lipinski definition) is 10. The molecule has 1 saturated carbocycles. The van der Waals surface area contributed by atoms with E-state index >= 15 is 0 Å². The van der Waals surface area contributed by atoms with Crippen LogP contribution in [0.25, 0.3) is 22.4 Å². The number of nitrogens with zero attached hydrogens (tertiary/aromatic N) is 8. The van der Waals surface area contributed by atoms with Crippen molar-refractivity contribution in [3.05, 3.63) is 54.5 Å². The minimum absolute atomic E-state index is 0.000132. The summed E-state index contributed by atoms with van der Waals surface area (Å²) in [4.78, 5) is 20.9. The van der Waals surface area contributed by atoms with Gasteiger partial charge < -0.3 is 14.8 Å². The SMILES string of the molecule is C[Si-](C)(C)CCOCOc1ncc(-c2ccc3nnc(Sc4ccc5nc(NC(=O)C6CC6)cn5n4)n3c2)cc1C#N. The Hall–Kier alpha value is -4.32. The zero-order chi connectivity index (χ0) is 29.3. The number of pyridine rings is 2. The second-order valence-electron chi connectivity index (χ2n) is 11.3. The first-order valence-electron chi connectivity index (χ1n) is 13.6. The van der Waals surface area contributed by atoms with Gasteiger partial charge in [0, 0.05) is 36.0 Å². The van der Waals surface area contributed by atoms with Crippen molar-refractivity contribution in [1.82, 2.24) is 34.2 Å². The topological polar surface area (TPSA) is 145 Å². The van der Waals surface area contributed by atoms with Crippen LogP contribution in [0.4, 0.5) is 5.82 Å². The highest BCUT2D eigenvalue weighted by Crippen LogP contribution is 2.31. The van der Waals surface area contributed by atoms with Crippen LogP contribution in [0.1, 0.15) is 18.4 Å². The zero-order valence-corrected chi connectivity index (χ0v) is 25.3. The van der Waals surface area contributed by atoms with Crippen LogP contribution < -0.4 is 10.1 Å². The van der Waals surface area contributed by atoms with Crippen molar-refractivity contribution < 1.29 is 14.3 Å². The van der Waals surface area contributed by atoms with E-state index in [1.165, 1.54) is 11.8 Å². The molecule has 0 atom stereocenters. The zero-order valence-electron chi connectivity index (χ0n) is 23.4. The van der Waals surface area contributed by atoms with Crippen LogP contribution in [0.3, 0.4) is 0 Å². The maximum atomic E-state index is 12.1. The van der Waals surface area contributed by atoms with Crippen LogP contribution >= 0.6 is 11.8 Å². The van der Waals surface area contributed by atoms with Gasteiger partial charge in [-0.15, -0.1) is 24.3 Å². The molecule has 0 radical (unpaired) electrons. The molecule has 42 heavy (non-hydrogen) atoms. The van der Waals surface area contributed by atoms with E-state index in [9.17, 15) is 10.1 Å². The number of fused-ring (bicyclic) bond motifs is 2. The summed E-state index contributed by atoms with van der Waals surface area (Å²) in [6.07, 6.45) is 7.13. The molecule has 1 aliphatic carbocycles. The Labute approximate surface area is 247 Å². The Kier molecular flexibility index (Phi) is 7.63. The van der Waals surface area contributed by atoms with E-state index in [4.69, 9.17) is 9.47 Å². The van der Waals surface area contributed by atoms with Gasteiger partial charge in [-0.25, -0.2) is 14.5 Å². The molecule has 5 heterocycles. The molecule has 1 N–H and O–H groups in total. The molecule has 215 valence electrons. The molecule has 0 aliphatic heterocycles. The summed E-state index contributed by atoms with van der Waals surface area (Å²) in [6, 6.07) is 12.4. The summed E-state index contributed by atoms with van der Waals surface area (Å²) in [6.45, 7) is 7.54. The van der Waals surface area contributed by atoms with E-state index < -0.39 is 8.07 Å². The van der Waals surface area contributed by atoms with E-state index in [1.807, 2.05) is 34.9 Å². The monoisotopic (exact) mass is 599 g/mol. The van der Waals surface area contributed by atoms with Gasteiger partial charge >= 0.3 is 0 Å². The average Bonchev–Trinajstić information content (AvgIpc) is 3.64. The summed E-state index contributed by atoms with van der Waals surface area (Å²) < 4.78 is 14.7. The predicted octanol–water partition coefficient (Wildman–Crippen LogP) is 4.90. The van der Waals surface area contributed by atoms with Crippen molar-refractivity contribution in [2.24, 2.45) is 5.92 Å². The minimum atomic E-state index is -1.19. The number of aromatic nitrogens is 7. The van der Waals surface area contributed by atoms with Crippen molar-refractivity contribution in [2.45, 2.75) is 48.7 Å². The molecule has 0 bridgehead atoms. The standard InChI is InChI=1S/C28H29N9O3SSi/c1-42(2,3)11-10-39-17-40-27-20(13-29)12-21(14-30-27)19-6-7-24-33-34-28(36(24)15-19)41-25-9-8-23-31-22(16-37(23)35-25)32-26(38)18-4-5-18/h6-9,12,14-16,18H,4-5,10-11,17H2,1-3H3,(H,32,38)/q-1. The Bertz CT molecular complexity index is 1820. The minimum Gasteiger partial charge on any atom is -0.450 e. The first-order chi connectivity index (χ1) is 20.3. The highest BCUT2D eigenvalue weighted by molar-refractivity contribution is 7.99. The maximum Gasteiger partial charge on any atom is 0.233 e. The lowest BCUT2D eigenvalue weighted by Crippen LogP contribution is -2.22. The largest absolute Gasteiger partial charge is 0.450 e. The molecule has 1 fully saturated rings. The lowest BCUT2D eigenvalue weighted by molar-refractivity contribution is -0.117. The molecule has 0 spiro atoms. The molecule has 5 aromatic rings. The number of rotatable bonds is 11. The summed E-state index contributed by atoms with van der Waals surface area (Å²) in [5, 5.41) is 27.1. The van der Waals surface area contributed by atoms with Crippen LogP contribution in [0, 0.1) is 17.2 Å². The number of carbonyl (C=O) groups excluding carboxylic acids is 1. The van der Waals surface area contributed by atoms with Crippen molar-refractivity contribution >= 4 is 42.9 Å². The lowest BCUT2D eigenvalue weighted by Gasteiger charge is -2.26. The quantitative estimate of drug-likeness (QED) is 0.126. The number of amides is 1. The predicted molar refractivity (Wildman–Crippen MR) is 159 cm³/mol. The van der Waals surface area contributed by atoms with Crippen LogP contribution in [0.5, 0.6) is 5.88 Å². The first-order valence-corrected chi connectivity index (χ1v) is 18.1. The van der Waals surface area contributed by atoms with Gasteiger partial charge in [-0.3, -0.25) is 9.20 Å². The molecule has 1 amide bonds. The van der Waals surface area contributed by atoms with Crippen LogP contribution in [-0.2, 0) is 9.53 Å². The van der Waals surface area contributed by atoms with Crippen molar-refractivity contribution in [3.63, 3.8) is 0 Å². The Morgan fingerprint density at radius 2 is 1.98 bits per heavy atom. The van der Waals surface area contributed by atoms with Gasteiger partial charge in [0.2, 0.25) is 16.9 Å². The molecule has 5 aromatic heterocycles. The second-order valence-corrected chi connectivity index (χ2v) is 17.9. The van der Waals surface area contributed by atoms with Gasteiger partial charge in [-0.2, -0.15) is 30.0 Å². The highest BCUT2D eigenvalue weighted by Gasteiger charge is 2.30. The van der Waals surface area contributed by atoms with Crippen molar-refractivity contribution in [3.8, 4) is 23.1 Å². The first kappa shape index (κ1) is 27.8. The number of ether oxygens (including phenoxy) is 2. The van der Waals surface area contributed by atoms with Gasteiger partial charge in [0.05, 0.1) is 6.20 Å². The van der Waals surface area contributed by atoms with Gasteiger partial charge in [0.25, 0.3) is 0 Å². The van der Waals surface area contributed by atoms with Crippen LogP contribution in [0.2, 0.25) is 25.7 Å². The summed E-state index contributed by atoms with van der Waals surface area (Å²) in [5.41, 5.74) is 3.21. The van der Waals surface area contributed by atoms with Crippen LogP contribution in [0.15, 0.2) is 59.1 Å². The fraction of sp³-hybridized carbons (Fsp3) is 0.321. The Morgan fingerprint density at radius 1 is 1.14 bits per heavy atom. The van der Waals surface area contributed by atoms with Crippen molar-refractivity contribution in [1.29, 1.82) is 5.26 Å². The number of carbonyl (C=O) groups is 1. The van der Waals surface area contributed by atoms with Gasteiger partial charge in [-0.1, -0.05) is 0 Å². The fourth-order valence-electron chi connectivity index (χ4n) is 4.10. The molecular formula is C28H29N9O3SSi-. The number of nitriles is 1. The molecule has 6 rings (SSSR count). The van der Waals surface area contributed by atoms with E-state index in [0.717, 1.165) is 30.0 Å². The molecular weight excluding hydrogens is 571 g/mol. The van der Waals surface area contributed by atoms with Gasteiger partial charge in [0.1, 0.15) is 16.7 Å². The second kappa shape index (κ2) is 11.5. The third-order valence-corrected chi connectivity index (χ3v) is 9.23. The van der Waals surface area contributed by atoms with Crippen LogP contribution in [-0.4, -0.2) is 61.6 Å². The van der Waals surface area contributed by atoms with Crippen molar-refractivity contribution in [2.75, 3.05) is 18.7 Å². The highest BCUT2D eigenvalue weighted by atomic mass is 32.2. The van der Waals surface area contributed by atoms with E-state index in [0.29, 0.717) is 39.5 Å². The van der Waals surface area contributed by atoms with E-state index in [-0.39, 0.29) is 24.5 Å². The molecule has 0 unspecified atom stereocenters. The normalized spacial score (nSPS) is 13.4. The molecule has 12 nitrogen and oxygen atoms in total. The third kappa shape index (κ3) is 6.43. The molecule has 0 saturated heterocycles. The Morgan fingerprint density at radius 3 is 2.76 bits per heavy atom. The maximum absolute atomic E-state index is 12.1. The molecule has 0 aromatic carbocycles. The molecule has 14 heteroatoms. The number of imidazole rings is 1. The fourth-order valence-corrected chi connectivity index (χ4v) is 5.63. The average molecular weight is 600 g/mol. The van der Waals surface area contributed by atoms with Gasteiger partial charge in [-0.05, 0) is 54.9 Å². The number of hydrogen-bond donors (Lipinski definition) is 1.